The van der Waals surface area contributed by atoms with Crippen molar-refractivity contribution in [2.24, 2.45) is 12.8 Å². The molecule has 0 bridgehead atoms. The quantitative estimate of drug-likeness (QED) is 0.912. The van der Waals surface area contributed by atoms with Crippen molar-refractivity contribution in [1.82, 2.24) is 9.78 Å². The van der Waals surface area contributed by atoms with Gasteiger partial charge in [0.1, 0.15) is 0 Å². The summed E-state index contributed by atoms with van der Waals surface area (Å²) in [5.74, 6) is 0. The highest BCUT2D eigenvalue weighted by atomic mass is 16.2. The number of nitrogens with zero attached hydrogens (tertiary/aromatic N) is 3. The summed E-state index contributed by atoms with van der Waals surface area (Å²) in [5.41, 5.74) is 10.9. The van der Waals surface area contributed by atoms with Crippen LogP contribution in [0.25, 0.3) is 0 Å². The van der Waals surface area contributed by atoms with Crippen molar-refractivity contribution >= 4 is 17.4 Å². The maximum absolute atomic E-state index is 11.6. The number of anilines is 2. The fourth-order valence-electron chi connectivity index (χ4n) is 2.93. The number of hydrogen-bond donors (Lipinski definition) is 2. The SMILES string of the molecule is Cc1cnn(C)c1CNc1ccc2c(c1)N(C(N)=O)CCC2. The molecule has 0 atom stereocenters. The van der Waals surface area contributed by atoms with E-state index in [2.05, 4.69) is 22.5 Å². The first-order chi connectivity index (χ1) is 10.6. The number of aryl methyl sites for hydroxylation is 3. The van der Waals surface area contributed by atoms with Crippen LogP contribution in [0.5, 0.6) is 0 Å². The van der Waals surface area contributed by atoms with Gasteiger partial charge in [0.15, 0.2) is 0 Å². The number of urea groups is 1. The third-order valence-corrected chi connectivity index (χ3v) is 4.20. The van der Waals surface area contributed by atoms with Gasteiger partial charge in [-0.15, -0.1) is 0 Å². The summed E-state index contributed by atoms with van der Waals surface area (Å²) < 4.78 is 1.87. The molecule has 116 valence electrons. The highest BCUT2D eigenvalue weighted by Crippen LogP contribution is 2.30. The van der Waals surface area contributed by atoms with Crippen LogP contribution in [-0.2, 0) is 20.0 Å². The van der Waals surface area contributed by atoms with Gasteiger partial charge in [-0.2, -0.15) is 5.10 Å². The van der Waals surface area contributed by atoms with Crippen LogP contribution < -0.4 is 16.0 Å². The zero-order valence-electron chi connectivity index (χ0n) is 13.0. The molecular weight excluding hydrogens is 278 g/mol. The van der Waals surface area contributed by atoms with E-state index in [1.165, 1.54) is 5.56 Å². The Labute approximate surface area is 129 Å². The lowest BCUT2D eigenvalue weighted by Gasteiger charge is -2.28. The van der Waals surface area contributed by atoms with Crippen molar-refractivity contribution in [3.05, 3.63) is 41.2 Å². The molecule has 2 heterocycles. The van der Waals surface area contributed by atoms with Gasteiger partial charge in [-0.1, -0.05) is 6.07 Å². The highest BCUT2D eigenvalue weighted by Gasteiger charge is 2.20. The Morgan fingerprint density at radius 1 is 1.45 bits per heavy atom. The molecule has 2 aromatic rings. The summed E-state index contributed by atoms with van der Waals surface area (Å²) in [5, 5.41) is 7.64. The minimum absolute atomic E-state index is 0.388. The molecule has 3 rings (SSSR count). The van der Waals surface area contributed by atoms with E-state index in [9.17, 15) is 4.79 Å². The van der Waals surface area contributed by atoms with Crippen molar-refractivity contribution in [2.75, 3.05) is 16.8 Å². The summed E-state index contributed by atoms with van der Waals surface area (Å²) in [7, 11) is 1.94. The monoisotopic (exact) mass is 299 g/mol. The standard InChI is InChI=1S/C16H21N5O/c1-11-9-19-20(2)15(11)10-18-13-6-5-12-4-3-7-21(16(17)22)14(12)8-13/h5-6,8-9,18H,3-4,7,10H2,1-2H3,(H2,17,22). The maximum atomic E-state index is 11.6. The second-order valence-electron chi connectivity index (χ2n) is 5.69. The summed E-state index contributed by atoms with van der Waals surface area (Å²) in [6.45, 7) is 3.43. The Hall–Kier alpha value is -2.50. The molecule has 0 radical (unpaired) electrons. The predicted molar refractivity (Wildman–Crippen MR) is 87.0 cm³/mol. The highest BCUT2D eigenvalue weighted by molar-refractivity contribution is 5.92. The second-order valence-corrected chi connectivity index (χ2v) is 5.69. The maximum Gasteiger partial charge on any atom is 0.319 e. The molecule has 0 saturated carbocycles. The van der Waals surface area contributed by atoms with E-state index in [0.29, 0.717) is 13.1 Å². The zero-order chi connectivity index (χ0) is 15.7. The van der Waals surface area contributed by atoms with Crippen molar-refractivity contribution in [1.29, 1.82) is 0 Å². The Morgan fingerprint density at radius 2 is 2.27 bits per heavy atom. The molecule has 0 spiro atoms. The van der Waals surface area contributed by atoms with Crippen LogP contribution >= 0.6 is 0 Å². The first-order valence-corrected chi connectivity index (χ1v) is 7.47. The summed E-state index contributed by atoms with van der Waals surface area (Å²) in [6, 6.07) is 5.74. The van der Waals surface area contributed by atoms with Crippen molar-refractivity contribution in [3.8, 4) is 0 Å². The molecule has 1 aliphatic heterocycles. The van der Waals surface area contributed by atoms with Gasteiger partial charge < -0.3 is 11.1 Å². The zero-order valence-corrected chi connectivity index (χ0v) is 13.0. The van der Waals surface area contributed by atoms with Crippen LogP contribution in [-0.4, -0.2) is 22.4 Å². The molecule has 0 unspecified atom stereocenters. The normalized spacial score (nSPS) is 13.8. The Morgan fingerprint density at radius 3 is 2.95 bits per heavy atom. The van der Waals surface area contributed by atoms with E-state index in [1.807, 2.05) is 30.9 Å². The number of benzene rings is 1. The number of nitrogens with two attached hydrogens (primary N) is 1. The van der Waals surface area contributed by atoms with Gasteiger partial charge in [-0.3, -0.25) is 9.58 Å². The number of rotatable bonds is 3. The number of aromatic nitrogens is 2. The Balaban J connectivity index is 1.81. The van der Waals surface area contributed by atoms with Crippen LogP contribution in [0, 0.1) is 6.92 Å². The van der Waals surface area contributed by atoms with E-state index >= 15 is 0 Å². The molecule has 6 nitrogen and oxygen atoms in total. The molecule has 1 aromatic carbocycles. The number of nitrogens with one attached hydrogen (secondary N) is 1. The molecular formula is C16H21N5O. The number of hydrogen-bond acceptors (Lipinski definition) is 3. The number of carbonyl (C=O) groups is 1. The van der Waals surface area contributed by atoms with Gasteiger partial charge in [-0.05, 0) is 43.0 Å². The lowest BCUT2D eigenvalue weighted by atomic mass is 10.0. The van der Waals surface area contributed by atoms with Crippen molar-refractivity contribution < 1.29 is 4.79 Å². The molecule has 6 heteroatoms. The average molecular weight is 299 g/mol. The van der Waals surface area contributed by atoms with Crippen LogP contribution in [0.4, 0.5) is 16.2 Å². The second kappa shape index (κ2) is 5.71. The number of primary amides is 1. The fourth-order valence-corrected chi connectivity index (χ4v) is 2.93. The first-order valence-electron chi connectivity index (χ1n) is 7.47. The number of amides is 2. The largest absolute Gasteiger partial charge is 0.379 e. The number of fused-ring (bicyclic) bond motifs is 1. The Bertz CT molecular complexity index is 687. The molecule has 0 fully saturated rings. The molecule has 3 N–H and O–H groups in total. The van der Waals surface area contributed by atoms with Crippen LogP contribution in [0.2, 0.25) is 0 Å². The van der Waals surface area contributed by atoms with Crippen LogP contribution in [0.3, 0.4) is 0 Å². The van der Waals surface area contributed by atoms with E-state index in [0.717, 1.165) is 35.5 Å². The van der Waals surface area contributed by atoms with Crippen molar-refractivity contribution in [2.45, 2.75) is 26.3 Å². The minimum Gasteiger partial charge on any atom is -0.379 e. The molecule has 0 aliphatic carbocycles. The smallest absolute Gasteiger partial charge is 0.319 e. The van der Waals surface area contributed by atoms with Gasteiger partial charge in [0, 0.05) is 19.3 Å². The molecule has 1 aromatic heterocycles. The van der Waals surface area contributed by atoms with Gasteiger partial charge in [0.25, 0.3) is 0 Å². The first kappa shape index (κ1) is 14.4. The van der Waals surface area contributed by atoms with E-state index in [4.69, 9.17) is 5.73 Å². The lowest BCUT2D eigenvalue weighted by molar-refractivity contribution is 0.253. The fraction of sp³-hybridized carbons (Fsp3) is 0.375. The summed E-state index contributed by atoms with van der Waals surface area (Å²) in [6.07, 6.45) is 3.80. The number of carbonyl (C=O) groups excluding carboxylic acids is 1. The van der Waals surface area contributed by atoms with Gasteiger partial charge >= 0.3 is 6.03 Å². The molecule has 2 amide bonds. The topological polar surface area (TPSA) is 76.2 Å². The van der Waals surface area contributed by atoms with Crippen molar-refractivity contribution in [3.63, 3.8) is 0 Å². The van der Waals surface area contributed by atoms with Gasteiger partial charge in [0.05, 0.1) is 24.1 Å². The van der Waals surface area contributed by atoms with E-state index in [1.54, 1.807) is 4.90 Å². The Kier molecular flexibility index (Phi) is 3.75. The predicted octanol–water partition coefficient (Wildman–Crippen LogP) is 2.17. The van der Waals surface area contributed by atoms with Gasteiger partial charge in [-0.25, -0.2) is 4.79 Å². The molecule has 22 heavy (non-hydrogen) atoms. The van der Waals surface area contributed by atoms with Crippen LogP contribution in [0.1, 0.15) is 23.2 Å². The third kappa shape index (κ3) is 2.64. The van der Waals surface area contributed by atoms with Gasteiger partial charge in [0.2, 0.25) is 0 Å². The lowest BCUT2D eigenvalue weighted by Crippen LogP contribution is -2.39. The average Bonchev–Trinajstić information content (AvgIpc) is 2.83. The molecule has 1 aliphatic rings. The molecule has 0 saturated heterocycles. The van der Waals surface area contributed by atoms with E-state index in [-0.39, 0.29) is 6.03 Å². The third-order valence-electron chi connectivity index (χ3n) is 4.20. The summed E-state index contributed by atoms with van der Waals surface area (Å²) in [4.78, 5) is 13.2. The van der Waals surface area contributed by atoms with E-state index < -0.39 is 0 Å². The minimum atomic E-state index is -0.388. The summed E-state index contributed by atoms with van der Waals surface area (Å²) >= 11 is 0. The van der Waals surface area contributed by atoms with Crippen LogP contribution in [0.15, 0.2) is 24.4 Å².